The van der Waals surface area contributed by atoms with Crippen molar-refractivity contribution in [3.05, 3.63) is 36.4 Å². The highest BCUT2D eigenvalue weighted by Crippen LogP contribution is 2.26. The topological polar surface area (TPSA) is 112 Å². The summed E-state index contributed by atoms with van der Waals surface area (Å²) in [5, 5.41) is 9.45. The predicted molar refractivity (Wildman–Crippen MR) is 109 cm³/mol. The van der Waals surface area contributed by atoms with Gasteiger partial charge in [-0.15, -0.1) is 9.44 Å². The van der Waals surface area contributed by atoms with E-state index < -0.39 is 18.0 Å². The summed E-state index contributed by atoms with van der Waals surface area (Å²) >= 11 is -1.49. The molecule has 30 heavy (non-hydrogen) atoms. The Hall–Kier alpha value is -2.41. The van der Waals surface area contributed by atoms with Crippen LogP contribution >= 0.6 is 0 Å². The van der Waals surface area contributed by atoms with E-state index in [2.05, 4.69) is 25.0 Å². The zero-order valence-corrected chi connectivity index (χ0v) is 17.2. The van der Waals surface area contributed by atoms with Crippen molar-refractivity contribution < 1.29 is 13.3 Å². The van der Waals surface area contributed by atoms with Crippen LogP contribution in [0.3, 0.4) is 0 Å². The number of hydrogen-bond donors (Lipinski definition) is 1. The number of alkyl halides is 2. The van der Waals surface area contributed by atoms with Gasteiger partial charge in [0, 0.05) is 26.2 Å². The Kier molecular flexibility index (Phi) is 6.09. The summed E-state index contributed by atoms with van der Waals surface area (Å²) in [6.07, 6.45) is 2.34. The van der Waals surface area contributed by atoms with Crippen LogP contribution in [0.25, 0.3) is 17.0 Å². The lowest BCUT2D eigenvalue weighted by Gasteiger charge is -2.34. The first-order chi connectivity index (χ1) is 14.4. The first-order valence-corrected chi connectivity index (χ1v) is 10.7. The Morgan fingerprint density at radius 3 is 2.93 bits per heavy atom. The molecule has 0 spiro atoms. The van der Waals surface area contributed by atoms with Gasteiger partial charge in [-0.25, -0.2) is 28.2 Å². The summed E-state index contributed by atoms with van der Waals surface area (Å²) in [6.45, 7) is 2.22. The maximum atomic E-state index is 13.1. The van der Waals surface area contributed by atoms with Crippen molar-refractivity contribution in [2.24, 2.45) is 11.1 Å². The van der Waals surface area contributed by atoms with Crippen molar-refractivity contribution in [1.82, 2.24) is 28.9 Å². The minimum absolute atomic E-state index is 0.306. The van der Waals surface area contributed by atoms with Crippen LogP contribution in [0.4, 0.5) is 14.6 Å². The number of halogens is 2. The molecule has 2 unspecified atom stereocenters. The molecule has 160 valence electrons. The zero-order chi connectivity index (χ0) is 21.3. The molecule has 0 aliphatic carbocycles. The van der Waals surface area contributed by atoms with E-state index in [4.69, 9.17) is 5.14 Å². The van der Waals surface area contributed by atoms with Crippen molar-refractivity contribution in [2.45, 2.75) is 19.3 Å². The number of piperidine rings is 1. The summed E-state index contributed by atoms with van der Waals surface area (Å²) in [4.78, 5) is 15.1. The molecule has 0 aromatic carbocycles. The summed E-state index contributed by atoms with van der Waals surface area (Å²) in [6, 6.07) is 4.59. The molecule has 3 aromatic rings. The third-order valence-electron chi connectivity index (χ3n) is 5.19. The summed E-state index contributed by atoms with van der Waals surface area (Å²) in [5.74, 6) is 1.04. The first kappa shape index (κ1) is 20.8. The fraction of sp³-hybridized carbons (Fsp3) is 0.444. The van der Waals surface area contributed by atoms with Gasteiger partial charge < -0.3 is 9.45 Å². The van der Waals surface area contributed by atoms with Gasteiger partial charge in [0.1, 0.15) is 35.1 Å². The molecular weight excluding hydrogens is 414 g/mol. The first-order valence-electron chi connectivity index (χ1n) is 9.50. The van der Waals surface area contributed by atoms with E-state index in [1.54, 1.807) is 17.5 Å². The molecule has 12 heteroatoms. The molecule has 1 fully saturated rings. The standard InChI is InChI=1S/C18H22F2N8OS/c1-26(30(21)29)9-12-3-2-6-27(10-12)17-7-14(23-11-24-17)15-8-22-16-5-4-13(18(19)20)25-28(15)16/h4-5,7-8,11-12,18H,2-3,6,9-10,21H2,1H3. The van der Waals surface area contributed by atoms with Crippen LogP contribution in [0, 0.1) is 5.92 Å². The van der Waals surface area contributed by atoms with E-state index >= 15 is 0 Å². The van der Waals surface area contributed by atoms with Crippen molar-refractivity contribution in [3.63, 3.8) is 0 Å². The van der Waals surface area contributed by atoms with Crippen LogP contribution in [-0.2, 0) is 11.5 Å². The third kappa shape index (κ3) is 4.36. The second-order valence-electron chi connectivity index (χ2n) is 7.27. The quantitative estimate of drug-likeness (QED) is 0.583. The van der Waals surface area contributed by atoms with Crippen LogP contribution in [0.2, 0.25) is 0 Å². The molecule has 3 aromatic heterocycles. The highest BCUT2D eigenvalue weighted by Gasteiger charge is 2.25. The molecule has 2 N–H and O–H groups in total. The lowest BCUT2D eigenvalue weighted by molar-refractivity contribution is 0.144. The van der Waals surface area contributed by atoms with E-state index in [1.807, 2.05) is 6.07 Å². The number of aromatic nitrogens is 5. The summed E-state index contributed by atoms with van der Waals surface area (Å²) < 4.78 is 40.6. The predicted octanol–water partition coefficient (Wildman–Crippen LogP) is 1.81. The molecule has 0 amide bonds. The fourth-order valence-corrected chi connectivity index (χ4v) is 4.06. The van der Waals surface area contributed by atoms with Crippen LogP contribution < -0.4 is 10.0 Å². The molecule has 2 atom stereocenters. The second-order valence-corrected chi connectivity index (χ2v) is 8.45. The SMILES string of the molecule is CN(CC1CCCN(c2cc(-c3cnc4ccc(C(F)F)nn34)ncn2)C1)[S+](N)[O-]. The van der Waals surface area contributed by atoms with E-state index in [0.29, 0.717) is 29.5 Å². The number of anilines is 1. The lowest BCUT2D eigenvalue weighted by atomic mass is 9.98. The summed E-state index contributed by atoms with van der Waals surface area (Å²) in [5.41, 5.74) is 1.21. The Bertz CT molecular complexity index is 1020. The lowest BCUT2D eigenvalue weighted by Crippen LogP contribution is -2.43. The normalized spacial score (nSPS) is 18.5. The molecule has 9 nitrogen and oxygen atoms in total. The minimum atomic E-state index is -2.67. The second kappa shape index (κ2) is 8.76. The van der Waals surface area contributed by atoms with Gasteiger partial charge in [-0.05, 0) is 30.9 Å². The van der Waals surface area contributed by atoms with Crippen LogP contribution in [0.1, 0.15) is 25.0 Å². The van der Waals surface area contributed by atoms with Crippen LogP contribution in [0.15, 0.2) is 30.7 Å². The summed E-state index contributed by atoms with van der Waals surface area (Å²) in [7, 11) is 1.74. The molecule has 1 saturated heterocycles. The molecule has 1 aliphatic rings. The molecular formula is C18H22F2N8OS. The number of fused-ring (bicyclic) bond motifs is 1. The number of imidazole rings is 1. The Balaban J connectivity index is 1.59. The van der Waals surface area contributed by atoms with Gasteiger partial charge in [-0.3, -0.25) is 0 Å². The highest BCUT2D eigenvalue weighted by molar-refractivity contribution is 7.86. The average Bonchev–Trinajstić information content (AvgIpc) is 3.17. The molecule has 0 radical (unpaired) electrons. The van der Waals surface area contributed by atoms with E-state index in [0.717, 1.165) is 31.7 Å². The van der Waals surface area contributed by atoms with Gasteiger partial charge in [0.25, 0.3) is 6.43 Å². The van der Waals surface area contributed by atoms with Crippen molar-refractivity contribution in [2.75, 3.05) is 31.6 Å². The van der Waals surface area contributed by atoms with Gasteiger partial charge in [-0.2, -0.15) is 5.10 Å². The molecule has 4 heterocycles. The Morgan fingerprint density at radius 2 is 2.17 bits per heavy atom. The van der Waals surface area contributed by atoms with Crippen molar-refractivity contribution in [1.29, 1.82) is 0 Å². The number of rotatable bonds is 6. The molecule has 4 rings (SSSR count). The maximum Gasteiger partial charge on any atom is 0.282 e. The van der Waals surface area contributed by atoms with Crippen molar-refractivity contribution in [3.8, 4) is 11.4 Å². The van der Waals surface area contributed by atoms with Gasteiger partial charge in [0.05, 0.1) is 18.4 Å². The minimum Gasteiger partial charge on any atom is -0.579 e. The smallest absolute Gasteiger partial charge is 0.282 e. The van der Waals surface area contributed by atoms with E-state index in [-0.39, 0.29) is 5.69 Å². The third-order valence-corrected chi connectivity index (χ3v) is 5.95. The van der Waals surface area contributed by atoms with Gasteiger partial charge >= 0.3 is 0 Å². The number of nitrogens with two attached hydrogens (primary N) is 1. The monoisotopic (exact) mass is 436 g/mol. The van der Waals surface area contributed by atoms with Gasteiger partial charge in [-0.1, -0.05) is 0 Å². The zero-order valence-electron chi connectivity index (χ0n) is 16.4. The maximum absolute atomic E-state index is 13.1. The van der Waals surface area contributed by atoms with Crippen molar-refractivity contribution >= 4 is 23.0 Å². The number of hydrogen-bond acceptors (Lipinski definition) is 8. The van der Waals surface area contributed by atoms with E-state index in [1.165, 1.54) is 23.0 Å². The Morgan fingerprint density at radius 1 is 1.33 bits per heavy atom. The van der Waals surface area contributed by atoms with Gasteiger partial charge in [0.2, 0.25) is 0 Å². The Labute approximate surface area is 175 Å². The van der Waals surface area contributed by atoms with Gasteiger partial charge in [0.15, 0.2) is 5.65 Å². The number of nitrogens with zero attached hydrogens (tertiary/aromatic N) is 7. The highest BCUT2D eigenvalue weighted by atomic mass is 32.2. The fourth-order valence-electron chi connectivity index (χ4n) is 3.70. The molecule has 1 aliphatic heterocycles. The molecule has 0 saturated carbocycles. The average molecular weight is 436 g/mol. The van der Waals surface area contributed by atoms with E-state index in [9.17, 15) is 13.3 Å². The molecule has 0 bridgehead atoms. The van der Waals surface area contributed by atoms with Crippen LogP contribution in [-0.4, -0.2) is 60.1 Å². The van der Waals surface area contributed by atoms with Crippen LogP contribution in [0.5, 0.6) is 0 Å². The largest absolute Gasteiger partial charge is 0.579 e.